The smallest absolute Gasteiger partial charge is 0.224 e. The van der Waals surface area contributed by atoms with Crippen molar-refractivity contribution >= 4 is 5.91 Å². The van der Waals surface area contributed by atoms with Gasteiger partial charge in [-0.05, 0) is 38.1 Å². The summed E-state index contributed by atoms with van der Waals surface area (Å²) in [6, 6.07) is 0.444. The maximum absolute atomic E-state index is 12.2. The Morgan fingerprint density at radius 3 is 2.61 bits per heavy atom. The molecule has 2 heterocycles. The van der Waals surface area contributed by atoms with Gasteiger partial charge in [0, 0.05) is 25.6 Å². The Bertz CT molecular complexity index is 253. The second-order valence-corrected chi connectivity index (χ2v) is 5.96. The molecule has 2 saturated heterocycles. The molecule has 2 rings (SSSR count). The maximum Gasteiger partial charge on any atom is 0.224 e. The molecule has 0 bridgehead atoms. The molecule has 0 aromatic carbocycles. The minimum atomic E-state index is 0.379. The van der Waals surface area contributed by atoms with E-state index in [1.165, 1.54) is 44.9 Å². The molecule has 2 fully saturated rings. The summed E-state index contributed by atoms with van der Waals surface area (Å²) in [5, 5.41) is 3.47. The largest absolute Gasteiger partial charge is 0.343 e. The summed E-state index contributed by atoms with van der Waals surface area (Å²) in [5.41, 5.74) is 0. The van der Waals surface area contributed by atoms with Gasteiger partial charge in [-0.15, -0.1) is 0 Å². The van der Waals surface area contributed by atoms with Gasteiger partial charge in [0.1, 0.15) is 0 Å². The van der Waals surface area contributed by atoms with Crippen molar-refractivity contribution in [2.24, 2.45) is 5.92 Å². The van der Waals surface area contributed by atoms with Crippen molar-refractivity contribution in [3.63, 3.8) is 0 Å². The van der Waals surface area contributed by atoms with Gasteiger partial charge in [0.15, 0.2) is 0 Å². The Balaban J connectivity index is 1.70. The lowest BCUT2D eigenvalue weighted by Gasteiger charge is -2.33. The van der Waals surface area contributed by atoms with E-state index in [2.05, 4.69) is 17.1 Å². The average molecular weight is 252 g/mol. The highest BCUT2D eigenvalue weighted by Gasteiger charge is 2.24. The van der Waals surface area contributed by atoms with E-state index in [9.17, 15) is 4.79 Å². The van der Waals surface area contributed by atoms with Gasteiger partial charge in [0.25, 0.3) is 0 Å². The lowest BCUT2D eigenvalue weighted by Crippen LogP contribution is -2.43. The van der Waals surface area contributed by atoms with E-state index in [1.807, 2.05) is 0 Å². The zero-order valence-corrected chi connectivity index (χ0v) is 11.8. The van der Waals surface area contributed by atoms with Crippen LogP contribution in [0.25, 0.3) is 0 Å². The highest BCUT2D eigenvalue weighted by Crippen LogP contribution is 2.22. The molecule has 2 aliphatic rings. The van der Waals surface area contributed by atoms with Crippen LogP contribution in [-0.2, 0) is 4.79 Å². The summed E-state index contributed by atoms with van der Waals surface area (Å²) in [5.74, 6) is 1.25. The molecular formula is C15H28N2O. The Hall–Kier alpha value is -0.570. The predicted octanol–water partition coefficient (Wildman–Crippen LogP) is 2.56. The van der Waals surface area contributed by atoms with Crippen LogP contribution in [-0.4, -0.2) is 36.5 Å². The highest BCUT2D eigenvalue weighted by atomic mass is 16.2. The van der Waals surface area contributed by atoms with Crippen molar-refractivity contribution in [2.45, 2.75) is 64.3 Å². The molecule has 104 valence electrons. The summed E-state index contributed by atoms with van der Waals surface area (Å²) in [4.78, 5) is 14.3. The fraction of sp³-hybridized carbons (Fsp3) is 0.933. The zero-order valence-electron chi connectivity index (χ0n) is 11.8. The summed E-state index contributed by atoms with van der Waals surface area (Å²) in [6.07, 6.45) is 9.51. The molecule has 2 aliphatic heterocycles. The Kier molecular flexibility index (Phi) is 5.48. The van der Waals surface area contributed by atoms with Crippen molar-refractivity contribution in [3.05, 3.63) is 0 Å². The van der Waals surface area contributed by atoms with Crippen LogP contribution in [0.15, 0.2) is 0 Å². The van der Waals surface area contributed by atoms with Gasteiger partial charge in [-0.25, -0.2) is 0 Å². The van der Waals surface area contributed by atoms with Crippen molar-refractivity contribution < 1.29 is 4.79 Å². The third-order valence-electron chi connectivity index (χ3n) is 4.50. The van der Waals surface area contributed by atoms with Gasteiger partial charge >= 0.3 is 0 Å². The number of carbonyl (C=O) groups is 1. The molecule has 3 nitrogen and oxygen atoms in total. The SMILES string of the molecule is CCCC1CCN(C(=O)CC2CCCCN2)CC1. The highest BCUT2D eigenvalue weighted by molar-refractivity contribution is 5.76. The zero-order chi connectivity index (χ0) is 12.8. The van der Waals surface area contributed by atoms with Crippen LogP contribution in [0.5, 0.6) is 0 Å². The summed E-state index contributed by atoms with van der Waals surface area (Å²) >= 11 is 0. The predicted molar refractivity (Wildman–Crippen MR) is 74.5 cm³/mol. The van der Waals surface area contributed by atoms with Gasteiger partial charge in [-0.1, -0.05) is 26.2 Å². The van der Waals surface area contributed by atoms with E-state index in [-0.39, 0.29) is 0 Å². The molecule has 1 amide bonds. The summed E-state index contributed by atoms with van der Waals surface area (Å²) in [6.45, 7) is 5.34. The quantitative estimate of drug-likeness (QED) is 0.834. The first-order chi connectivity index (χ1) is 8.79. The number of piperidine rings is 2. The summed E-state index contributed by atoms with van der Waals surface area (Å²) in [7, 11) is 0. The van der Waals surface area contributed by atoms with E-state index in [4.69, 9.17) is 0 Å². The van der Waals surface area contributed by atoms with Gasteiger partial charge in [-0.2, -0.15) is 0 Å². The minimum absolute atomic E-state index is 0.379. The second kappa shape index (κ2) is 7.13. The fourth-order valence-corrected chi connectivity index (χ4v) is 3.32. The number of nitrogens with zero attached hydrogens (tertiary/aromatic N) is 1. The minimum Gasteiger partial charge on any atom is -0.343 e. The van der Waals surface area contributed by atoms with Gasteiger partial charge in [0.2, 0.25) is 5.91 Å². The number of hydrogen-bond donors (Lipinski definition) is 1. The molecule has 0 radical (unpaired) electrons. The van der Waals surface area contributed by atoms with E-state index in [0.717, 1.165) is 32.0 Å². The molecule has 1 atom stereocenters. The Morgan fingerprint density at radius 1 is 1.22 bits per heavy atom. The van der Waals surface area contributed by atoms with Gasteiger partial charge < -0.3 is 10.2 Å². The third kappa shape index (κ3) is 3.98. The van der Waals surface area contributed by atoms with Gasteiger partial charge in [0.05, 0.1) is 0 Å². The van der Waals surface area contributed by atoms with E-state index >= 15 is 0 Å². The van der Waals surface area contributed by atoms with Crippen LogP contribution in [0.3, 0.4) is 0 Å². The van der Waals surface area contributed by atoms with Crippen LogP contribution in [0.2, 0.25) is 0 Å². The molecular weight excluding hydrogens is 224 g/mol. The van der Waals surface area contributed by atoms with Crippen LogP contribution >= 0.6 is 0 Å². The molecule has 18 heavy (non-hydrogen) atoms. The molecule has 0 aromatic heterocycles. The normalized spacial score (nSPS) is 26.3. The molecule has 1 unspecified atom stereocenters. The Morgan fingerprint density at radius 2 is 2.00 bits per heavy atom. The first kappa shape index (κ1) is 13.9. The molecule has 1 N–H and O–H groups in total. The number of rotatable bonds is 4. The van der Waals surface area contributed by atoms with E-state index < -0.39 is 0 Å². The second-order valence-electron chi connectivity index (χ2n) is 5.96. The number of hydrogen-bond acceptors (Lipinski definition) is 2. The van der Waals surface area contributed by atoms with E-state index in [0.29, 0.717) is 11.9 Å². The lowest BCUT2D eigenvalue weighted by molar-refractivity contribution is -0.133. The average Bonchev–Trinajstić information content (AvgIpc) is 2.41. The molecule has 3 heteroatoms. The lowest BCUT2D eigenvalue weighted by atomic mass is 9.92. The van der Waals surface area contributed by atoms with Crippen molar-refractivity contribution in [2.75, 3.05) is 19.6 Å². The number of carbonyl (C=O) groups excluding carboxylic acids is 1. The fourth-order valence-electron chi connectivity index (χ4n) is 3.32. The van der Waals surface area contributed by atoms with Gasteiger partial charge in [-0.3, -0.25) is 4.79 Å². The maximum atomic E-state index is 12.2. The molecule has 0 aromatic rings. The number of likely N-dealkylation sites (tertiary alicyclic amines) is 1. The number of nitrogens with one attached hydrogen (secondary N) is 1. The van der Waals surface area contributed by atoms with Crippen LogP contribution in [0.1, 0.15) is 58.3 Å². The van der Waals surface area contributed by atoms with Crippen molar-refractivity contribution in [1.82, 2.24) is 10.2 Å². The third-order valence-corrected chi connectivity index (χ3v) is 4.50. The van der Waals surface area contributed by atoms with Crippen LogP contribution in [0, 0.1) is 5.92 Å². The first-order valence-corrected chi connectivity index (χ1v) is 7.80. The van der Waals surface area contributed by atoms with Crippen molar-refractivity contribution in [3.8, 4) is 0 Å². The molecule has 0 aliphatic carbocycles. The molecule has 0 saturated carbocycles. The van der Waals surface area contributed by atoms with Crippen LogP contribution < -0.4 is 5.32 Å². The topological polar surface area (TPSA) is 32.3 Å². The Labute approximate surface area is 111 Å². The first-order valence-electron chi connectivity index (χ1n) is 7.80. The standard InChI is InChI=1S/C15H28N2O/c1-2-5-13-7-10-17(11-8-13)15(18)12-14-6-3-4-9-16-14/h13-14,16H,2-12H2,1H3. The van der Waals surface area contributed by atoms with E-state index in [1.54, 1.807) is 0 Å². The summed E-state index contributed by atoms with van der Waals surface area (Å²) < 4.78 is 0. The molecule has 0 spiro atoms. The monoisotopic (exact) mass is 252 g/mol. The van der Waals surface area contributed by atoms with Crippen LogP contribution in [0.4, 0.5) is 0 Å². The number of amides is 1. The van der Waals surface area contributed by atoms with Crippen molar-refractivity contribution in [1.29, 1.82) is 0 Å².